The van der Waals surface area contributed by atoms with E-state index < -0.39 is 11.5 Å². The lowest BCUT2D eigenvalue weighted by Crippen LogP contribution is -2.10. The molecule has 18 heavy (non-hydrogen) atoms. The van der Waals surface area contributed by atoms with Crippen molar-refractivity contribution in [3.8, 4) is 11.6 Å². The predicted molar refractivity (Wildman–Crippen MR) is 71.1 cm³/mol. The molecule has 1 heterocycles. The summed E-state index contributed by atoms with van der Waals surface area (Å²) in [5, 5.41) is 8.88. The molecule has 0 aliphatic carbocycles. The molecule has 0 saturated heterocycles. The van der Waals surface area contributed by atoms with Gasteiger partial charge >= 0.3 is 11.5 Å². The summed E-state index contributed by atoms with van der Waals surface area (Å²) in [6.45, 7) is 0. The maximum absolute atomic E-state index is 11.4. The monoisotopic (exact) mass is 358 g/mol. The zero-order valence-electron chi connectivity index (χ0n) is 8.88. The molecule has 0 spiro atoms. The molecular weight excluding hydrogens is 351 g/mol. The highest BCUT2D eigenvalue weighted by Gasteiger charge is 2.10. The van der Waals surface area contributed by atoms with Crippen molar-refractivity contribution in [2.24, 2.45) is 0 Å². The second-order valence-corrected chi connectivity index (χ2v) is 4.44. The van der Waals surface area contributed by atoms with Crippen LogP contribution >= 0.6 is 22.6 Å². The van der Waals surface area contributed by atoms with E-state index in [-0.39, 0.29) is 17.2 Å². The fourth-order valence-corrected chi connectivity index (χ4v) is 1.68. The quantitative estimate of drug-likeness (QED) is 0.818. The summed E-state index contributed by atoms with van der Waals surface area (Å²) in [5.41, 5.74) is -0.396. The SMILES string of the molecule is O=C(O)c1ccc(I)c(Oc2ncc[nH]c2=O)c1. The number of ether oxygens (including phenoxy) is 1. The van der Waals surface area contributed by atoms with Gasteiger partial charge in [0, 0.05) is 12.4 Å². The van der Waals surface area contributed by atoms with Gasteiger partial charge in [-0.3, -0.25) is 4.79 Å². The Morgan fingerprint density at radius 2 is 2.22 bits per heavy atom. The fraction of sp³-hybridized carbons (Fsp3) is 0. The van der Waals surface area contributed by atoms with E-state index in [1.807, 2.05) is 22.6 Å². The summed E-state index contributed by atoms with van der Waals surface area (Å²) >= 11 is 1.98. The van der Waals surface area contributed by atoms with Gasteiger partial charge in [0.1, 0.15) is 5.75 Å². The number of halogens is 1. The standard InChI is InChI=1S/C11H7IN2O4/c12-7-2-1-6(11(16)17)5-8(7)18-10-9(15)13-3-4-14-10/h1-5H,(H,13,15)(H,16,17). The number of H-pyrrole nitrogens is 1. The Bertz CT molecular complexity index is 653. The highest BCUT2D eigenvalue weighted by Crippen LogP contribution is 2.25. The molecule has 92 valence electrons. The van der Waals surface area contributed by atoms with Gasteiger partial charge in [-0.2, -0.15) is 0 Å². The van der Waals surface area contributed by atoms with Crippen LogP contribution in [0, 0.1) is 3.57 Å². The van der Waals surface area contributed by atoms with Gasteiger partial charge in [0.2, 0.25) is 0 Å². The van der Waals surface area contributed by atoms with Crippen LogP contribution in [0.4, 0.5) is 0 Å². The van der Waals surface area contributed by atoms with E-state index in [1.54, 1.807) is 6.07 Å². The number of aromatic nitrogens is 2. The summed E-state index contributed by atoms with van der Waals surface area (Å²) in [6.07, 6.45) is 2.76. The van der Waals surface area contributed by atoms with E-state index in [4.69, 9.17) is 9.84 Å². The molecule has 0 bridgehead atoms. The van der Waals surface area contributed by atoms with Crippen molar-refractivity contribution in [3.05, 3.63) is 50.1 Å². The van der Waals surface area contributed by atoms with Gasteiger partial charge < -0.3 is 14.8 Å². The van der Waals surface area contributed by atoms with Crippen molar-refractivity contribution in [2.45, 2.75) is 0 Å². The van der Waals surface area contributed by atoms with Crippen molar-refractivity contribution in [2.75, 3.05) is 0 Å². The highest BCUT2D eigenvalue weighted by atomic mass is 127. The zero-order valence-corrected chi connectivity index (χ0v) is 11.0. The summed E-state index contributed by atoms with van der Waals surface area (Å²) < 4.78 is 5.99. The highest BCUT2D eigenvalue weighted by molar-refractivity contribution is 14.1. The minimum atomic E-state index is -1.06. The number of nitrogens with one attached hydrogen (secondary N) is 1. The molecular formula is C11H7IN2O4. The number of carboxylic acid groups (broad SMARTS) is 1. The minimum absolute atomic E-state index is 0.0813. The normalized spacial score (nSPS) is 10.1. The van der Waals surface area contributed by atoms with Crippen LogP contribution in [0.1, 0.15) is 10.4 Å². The Morgan fingerprint density at radius 1 is 1.44 bits per heavy atom. The summed E-state index contributed by atoms with van der Waals surface area (Å²) in [4.78, 5) is 28.4. The molecule has 1 aromatic heterocycles. The number of hydrogen-bond acceptors (Lipinski definition) is 4. The Morgan fingerprint density at radius 3 is 2.89 bits per heavy atom. The maximum Gasteiger partial charge on any atom is 0.335 e. The lowest BCUT2D eigenvalue weighted by Gasteiger charge is -2.06. The largest absolute Gasteiger partial charge is 0.478 e. The van der Waals surface area contributed by atoms with Gasteiger partial charge in [0.15, 0.2) is 0 Å². The number of carboxylic acids is 1. The van der Waals surface area contributed by atoms with E-state index in [2.05, 4.69) is 9.97 Å². The summed E-state index contributed by atoms with van der Waals surface area (Å²) in [7, 11) is 0. The van der Waals surface area contributed by atoms with Crippen molar-refractivity contribution in [1.82, 2.24) is 9.97 Å². The predicted octanol–water partition coefficient (Wildman–Crippen LogP) is 1.86. The van der Waals surface area contributed by atoms with Crippen LogP contribution in [0.25, 0.3) is 0 Å². The third-order valence-electron chi connectivity index (χ3n) is 2.06. The molecule has 1 aromatic carbocycles. The molecule has 0 atom stereocenters. The number of nitrogens with zero attached hydrogens (tertiary/aromatic N) is 1. The molecule has 6 nitrogen and oxygen atoms in total. The number of benzene rings is 1. The Hall–Kier alpha value is -1.90. The Balaban J connectivity index is 2.40. The zero-order chi connectivity index (χ0) is 13.1. The molecule has 0 unspecified atom stereocenters. The second kappa shape index (κ2) is 5.17. The van der Waals surface area contributed by atoms with E-state index in [1.165, 1.54) is 24.5 Å². The minimum Gasteiger partial charge on any atom is -0.478 e. The van der Waals surface area contributed by atoms with E-state index in [9.17, 15) is 9.59 Å². The van der Waals surface area contributed by atoms with Crippen molar-refractivity contribution in [3.63, 3.8) is 0 Å². The van der Waals surface area contributed by atoms with Crippen LogP contribution in [0.5, 0.6) is 11.6 Å². The first-order valence-corrected chi connectivity index (χ1v) is 5.90. The van der Waals surface area contributed by atoms with Crippen LogP contribution in [0.3, 0.4) is 0 Å². The van der Waals surface area contributed by atoms with Crippen molar-refractivity contribution < 1.29 is 14.6 Å². The smallest absolute Gasteiger partial charge is 0.335 e. The third-order valence-corrected chi connectivity index (χ3v) is 2.95. The van der Waals surface area contributed by atoms with Crippen molar-refractivity contribution >= 4 is 28.6 Å². The summed E-state index contributed by atoms with van der Waals surface area (Å²) in [6, 6.07) is 4.40. The van der Waals surface area contributed by atoms with Gasteiger partial charge in [-0.15, -0.1) is 0 Å². The van der Waals surface area contributed by atoms with Crippen LogP contribution in [0.15, 0.2) is 35.4 Å². The van der Waals surface area contributed by atoms with Crippen LogP contribution in [0.2, 0.25) is 0 Å². The molecule has 0 aliphatic rings. The van der Waals surface area contributed by atoms with Gasteiger partial charge in [0.05, 0.1) is 9.13 Å². The second-order valence-electron chi connectivity index (χ2n) is 3.28. The molecule has 0 fully saturated rings. The average molecular weight is 358 g/mol. The molecule has 0 radical (unpaired) electrons. The molecule has 0 aliphatic heterocycles. The van der Waals surface area contributed by atoms with Gasteiger partial charge in [-0.05, 0) is 40.8 Å². The molecule has 2 aromatic rings. The number of carbonyl (C=O) groups is 1. The Labute approximate surface area is 115 Å². The third kappa shape index (κ3) is 2.67. The lowest BCUT2D eigenvalue weighted by atomic mass is 10.2. The van der Waals surface area contributed by atoms with Gasteiger partial charge in [-0.1, -0.05) is 0 Å². The van der Waals surface area contributed by atoms with Crippen LogP contribution in [-0.4, -0.2) is 21.0 Å². The number of aromatic carboxylic acids is 1. The molecule has 7 heteroatoms. The van der Waals surface area contributed by atoms with Crippen LogP contribution in [-0.2, 0) is 0 Å². The first kappa shape index (κ1) is 12.6. The number of aromatic amines is 1. The van der Waals surface area contributed by atoms with Gasteiger partial charge in [-0.25, -0.2) is 9.78 Å². The maximum atomic E-state index is 11.4. The molecule has 0 amide bonds. The summed E-state index contributed by atoms with van der Waals surface area (Å²) in [5.74, 6) is -0.913. The molecule has 2 rings (SSSR count). The molecule has 0 saturated carbocycles. The topological polar surface area (TPSA) is 92.3 Å². The van der Waals surface area contributed by atoms with Crippen LogP contribution < -0.4 is 10.3 Å². The average Bonchev–Trinajstić information content (AvgIpc) is 2.34. The fourth-order valence-electron chi connectivity index (χ4n) is 1.23. The van der Waals surface area contributed by atoms with E-state index in [0.29, 0.717) is 3.57 Å². The number of hydrogen-bond donors (Lipinski definition) is 2. The van der Waals surface area contributed by atoms with Gasteiger partial charge in [0.25, 0.3) is 5.88 Å². The first-order chi connectivity index (χ1) is 8.58. The van der Waals surface area contributed by atoms with Crippen molar-refractivity contribution in [1.29, 1.82) is 0 Å². The lowest BCUT2D eigenvalue weighted by molar-refractivity contribution is 0.0696. The first-order valence-electron chi connectivity index (χ1n) is 4.82. The van der Waals surface area contributed by atoms with E-state index in [0.717, 1.165) is 0 Å². The molecule has 2 N–H and O–H groups in total. The number of rotatable bonds is 3. The van der Waals surface area contributed by atoms with E-state index >= 15 is 0 Å². The Kier molecular flexibility index (Phi) is 3.60.